The van der Waals surface area contributed by atoms with Gasteiger partial charge in [-0.25, -0.2) is 14.1 Å². The zero-order valence-corrected chi connectivity index (χ0v) is 19.2. The normalized spacial score (nSPS) is 18.8. The molecule has 2 amide bonds. The summed E-state index contributed by atoms with van der Waals surface area (Å²) in [6, 6.07) is 2.26. The van der Waals surface area contributed by atoms with Crippen molar-refractivity contribution in [1.82, 2.24) is 9.97 Å². The Hall–Kier alpha value is -2.36. The van der Waals surface area contributed by atoms with Gasteiger partial charge < -0.3 is 10.4 Å². The maximum absolute atomic E-state index is 13.0. The average molecular weight is 444 g/mol. The predicted molar refractivity (Wildman–Crippen MR) is 119 cm³/mol. The van der Waals surface area contributed by atoms with Gasteiger partial charge in [-0.15, -0.1) is 4.36 Å². The number of carbonyl (C=O) groups is 1. The molecule has 31 heavy (non-hydrogen) atoms. The minimum Gasteiger partial charge on any atom is -0.384 e. The highest BCUT2D eigenvalue weighted by Gasteiger charge is 2.36. The maximum atomic E-state index is 13.0. The van der Waals surface area contributed by atoms with E-state index in [1.807, 2.05) is 0 Å². The number of nitrogens with one attached hydrogen (secondary N) is 1. The van der Waals surface area contributed by atoms with E-state index >= 15 is 0 Å². The van der Waals surface area contributed by atoms with Crippen LogP contribution in [0.2, 0.25) is 0 Å². The number of anilines is 1. The van der Waals surface area contributed by atoms with E-state index in [-0.39, 0.29) is 10.3 Å². The summed E-state index contributed by atoms with van der Waals surface area (Å²) in [5.41, 5.74) is 4.15. The highest BCUT2D eigenvalue weighted by molar-refractivity contribution is 7.91. The topological polar surface area (TPSA) is 131 Å². The molecule has 0 radical (unpaired) electrons. The van der Waals surface area contributed by atoms with E-state index in [1.54, 1.807) is 13.8 Å². The number of nitrogens with zero attached hydrogens (tertiary/aromatic N) is 3. The molecule has 0 saturated heterocycles. The van der Waals surface area contributed by atoms with Gasteiger partial charge in [0.15, 0.2) is 0 Å². The number of fused-ring (bicyclic) bond motifs is 2. The number of urea groups is 1. The quantitative estimate of drug-likeness (QED) is 0.669. The van der Waals surface area contributed by atoms with Crippen molar-refractivity contribution in [3.05, 3.63) is 46.5 Å². The number of hydrogen-bond acceptors (Lipinski definition) is 5. The fourth-order valence-corrected chi connectivity index (χ4v) is 5.22. The molecule has 2 aliphatic carbocycles. The summed E-state index contributed by atoms with van der Waals surface area (Å²) < 4.78 is 16.7. The molecule has 0 saturated carbocycles. The van der Waals surface area contributed by atoms with Gasteiger partial charge in [-0.3, -0.25) is 9.97 Å². The number of aliphatic hydroxyl groups is 1. The van der Waals surface area contributed by atoms with Gasteiger partial charge in [-0.05, 0) is 69.2 Å². The maximum Gasteiger partial charge on any atom is 0.354 e. The molecule has 2 aromatic heterocycles. The molecule has 9 heteroatoms. The highest BCUT2D eigenvalue weighted by Crippen LogP contribution is 2.44. The van der Waals surface area contributed by atoms with Crippen LogP contribution in [-0.2, 0) is 40.2 Å². The summed E-state index contributed by atoms with van der Waals surface area (Å²) in [5.74, 6) is 0. The zero-order chi connectivity index (χ0) is 22.6. The van der Waals surface area contributed by atoms with Crippen molar-refractivity contribution < 1.29 is 14.1 Å². The Balaban J connectivity index is 1.66. The molecular formula is C22H29N5O3S. The lowest BCUT2D eigenvalue weighted by Gasteiger charge is -2.20. The lowest BCUT2D eigenvalue weighted by Crippen LogP contribution is -2.21. The van der Waals surface area contributed by atoms with Crippen LogP contribution in [0.15, 0.2) is 27.6 Å². The second-order valence-electron chi connectivity index (χ2n) is 9.50. The van der Waals surface area contributed by atoms with Crippen molar-refractivity contribution >= 4 is 21.6 Å². The predicted octanol–water partition coefficient (Wildman–Crippen LogP) is 3.35. The van der Waals surface area contributed by atoms with Crippen molar-refractivity contribution in [1.29, 1.82) is 0 Å². The lowest BCUT2D eigenvalue weighted by atomic mass is 9.90. The first kappa shape index (κ1) is 21.9. The summed E-state index contributed by atoms with van der Waals surface area (Å²) >= 11 is 0. The largest absolute Gasteiger partial charge is 0.384 e. The van der Waals surface area contributed by atoms with Gasteiger partial charge in [0, 0.05) is 17.3 Å². The number of hydrogen-bond donors (Lipinski definition) is 3. The van der Waals surface area contributed by atoms with Crippen molar-refractivity contribution in [2.75, 3.05) is 5.32 Å². The molecule has 2 aromatic rings. The zero-order valence-electron chi connectivity index (χ0n) is 18.4. The Morgan fingerprint density at radius 2 is 2.00 bits per heavy atom. The van der Waals surface area contributed by atoms with E-state index < -0.39 is 21.5 Å². The Morgan fingerprint density at radius 1 is 1.26 bits per heavy atom. The molecule has 0 unspecified atom stereocenters. The molecule has 4 rings (SSSR count). The van der Waals surface area contributed by atoms with E-state index in [0.29, 0.717) is 5.69 Å². The summed E-state index contributed by atoms with van der Waals surface area (Å²) in [4.78, 5) is 21.9. The van der Waals surface area contributed by atoms with Gasteiger partial charge in [0.05, 0.1) is 22.0 Å². The van der Waals surface area contributed by atoms with Crippen LogP contribution in [0.25, 0.3) is 0 Å². The summed E-state index contributed by atoms with van der Waals surface area (Å²) in [7, 11) is -3.49. The number of carbonyl (C=O) groups excluding carboxylic acids is 1. The van der Waals surface area contributed by atoms with Crippen LogP contribution in [0.5, 0.6) is 0 Å². The number of aromatic nitrogens is 2. The average Bonchev–Trinajstić information content (AvgIpc) is 3.25. The molecule has 2 aliphatic rings. The van der Waals surface area contributed by atoms with Crippen LogP contribution >= 0.6 is 0 Å². The number of amides is 2. The minimum atomic E-state index is -3.49. The van der Waals surface area contributed by atoms with Gasteiger partial charge in [-0.2, -0.15) is 0 Å². The first-order valence-corrected chi connectivity index (χ1v) is 12.1. The molecule has 8 nitrogen and oxygen atoms in total. The molecule has 4 N–H and O–H groups in total. The number of aryl methyl sites for hydroxylation is 1. The molecular weight excluding hydrogens is 414 g/mol. The lowest BCUT2D eigenvalue weighted by molar-refractivity contribution is 0.0737. The molecule has 1 atom stereocenters. The number of nitrogens with two attached hydrogens (primary N) is 1. The minimum absolute atomic E-state index is 0.0428. The van der Waals surface area contributed by atoms with Gasteiger partial charge in [0.2, 0.25) is 0 Å². The van der Waals surface area contributed by atoms with Crippen molar-refractivity contribution in [2.24, 2.45) is 9.50 Å². The third kappa shape index (κ3) is 4.09. The second-order valence-corrected chi connectivity index (χ2v) is 11.3. The second kappa shape index (κ2) is 7.36. The monoisotopic (exact) mass is 443 g/mol. The molecule has 0 spiro atoms. The van der Waals surface area contributed by atoms with E-state index in [0.717, 1.165) is 60.3 Å². The van der Waals surface area contributed by atoms with Gasteiger partial charge >= 0.3 is 6.03 Å². The van der Waals surface area contributed by atoms with Crippen LogP contribution < -0.4 is 10.5 Å². The Labute approximate surface area is 183 Å². The van der Waals surface area contributed by atoms with E-state index in [9.17, 15) is 14.1 Å². The van der Waals surface area contributed by atoms with E-state index in [1.165, 1.54) is 18.3 Å². The highest BCUT2D eigenvalue weighted by atomic mass is 32.2. The molecule has 0 fully saturated rings. The Kier molecular flexibility index (Phi) is 5.19. The Bertz CT molecular complexity index is 1170. The molecule has 0 aliphatic heterocycles. The van der Waals surface area contributed by atoms with Crippen LogP contribution in [-0.4, -0.2) is 25.3 Å². The van der Waals surface area contributed by atoms with Crippen LogP contribution in [0.3, 0.4) is 0 Å². The van der Waals surface area contributed by atoms with Gasteiger partial charge in [0.1, 0.15) is 15.5 Å². The standard InChI is InChI=1S/C22H29N5O3S/c1-21(2)11-10-15-18(14-6-5-7-16(14)25-19(15)21)26-20(28)27-31(23,30)13-8-9-17(24-12-13)22(3,4)29/h8-9,12,29H,5-7,10-11H2,1-4H3,(H3,23,25,26,27,28,30)/t31-/m0/s1. The van der Waals surface area contributed by atoms with Crippen molar-refractivity contribution in [3.63, 3.8) is 0 Å². The fraction of sp³-hybridized carbons (Fsp3) is 0.500. The van der Waals surface area contributed by atoms with E-state index in [2.05, 4.69) is 28.5 Å². The van der Waals surface area contributed by atoms with Crippen molar-refractivity contribution in [3.8, 4) is 0 Å². The molecule has 2 heterocycles. The number of pyridine rings is 2. The smallest absolute Gasteiger partial charge is 0.354 e. The summed E-state index contributed by atoms with van der Waals surface area (Å²) in [6.07, 6.45) is 5.83. The third-order valence-corrected chi connectivity index (χ3v) is 7.47. The molecule has 0 aromatic carbocycles. The Morgan fingerprint density at radius 3 is 2.65 bits per heavy atom. The summed E-state index contributed by atoms with van der Waals surface area (Å²) in [5, 5.41) is 18.8. The molecule has 166 valence electrons. The first-order chi connectivity index (χ1) is 14.4. The van der Waals surface area contributed by atoms with Gasteiger partial charge in [0.25, 0.3) is 0 Å². The fourth-order valence-electron chi connectivity index (χ4n) is 4.35. The van der Waals surface area contributed by atoms with Crippen LogP contribution in [0.4, 0.5) is 10.5 Å². The van der Waals surface area contributed by atoms with E-state index in [4.69, 9.17) is 10.1 Å². The SMILES string of the molecule is CC(C)(O)c1ccc([S@@](N)(=O)=NC(=O)Nc2c3c(nc4c2CCC4(C)C)CCC3)cn1. The van der Waals surface area contributed by atoms with Crippen molar-refractivity contribution in [2.45, 2.75) is 75.7 Å². The molecule has 0 bridgehead atoms. The first-order valence-electron chi connectivity index (χ1n) is 10.5. The number of rotatable bonds is 3. The van der Waals surface area contributed by atoms with Crippen LogP contribution in [0, 0.1) is 0 Å². The third-order valence-electron chi connectivity index (χ3n) is 6.12. The summed E-state index contributed by atoms with van der Waals surface area (Å²) in [6.45, 7) is 7.53. The van der Waals surface area contributed by atoms with Crippen LogP contribution in [0.1, 0.15) is 68.7 Å². The van der Waals surface area contributed by atoms with Gasteiger partial charge in [-0.1, -0.05) is 13.8 Å².